The fraction of sp³-hybridized carbons (Fsp3) is 0.667. The summed E-state index contributed by atoms with van der Waals surface area (Å²) in [6, 6.07) is 0. The van der Waals surface area contributed by atoms with Gasteiger partial charge in [0.05, 0.1) is 13.0 Å². The summed E-state index contributed by atoms with van der Waals surface area (Å²) in [5.74, 6) is 2.82. The van der Waals surface area contributed by atoms with Crippen molar-refractivity contribution < 1.29 is 9.53 Å². The molecule has 60 valence electrons. The summed E-state index contributed by atoms with van der Waals surface area (Å²) in [6.45, 7) is 0. The monoisotopic (exact) mass is 152 g/mol. The molecule has 1 fully saturated rings. The van der Waals surface area contributed by atoms with E-state index < -0.39 is 0 Å². The SMILES string of the molecule is C#CCC(C(=O)OC)C1CC1. The van der Waals surface area contributed by atoms with Crippen molar-refractivity contribution in [1.29, 1.82) is 0 Å². The van der Waals surface area contributed by atoms with Crippen molar-refractivity contribution in [2.24, 2.45) is 11.8 Å². The van der Waals surface area contributed by atoms with Gasteiger partial charge in [-0.05, 0) is 18.8 Å². The minimum absolute atomic E-state index is 0.0370. The van der Waals surface area contributed by atoms with Crippen LogP contribution in [0.15, 0.2) is 0 Å². The first kappa shape index (κ1) is 8.13. The van der Waals surface area contributed by atoms with Crippen LogP contribution < -0.4 is 0 Å². The Morgan fingerprint density at radius 3 is 2.82 bits per heavy atom. The zero-order valence-corrected chi connectivity index (χ0v) is 6.67. The van der Waals surface area contributed by atoms with E-state index >= 15 is 0 Å². The molecule has 0 saturated heterocycles. The molecule has 2 heteroatoms. The molecule has 11 heavy (non-hydrogen) atoms. The summed E-state index contributed by atoms with van der Waals surface area (Å²) in [5.41, 5.74) is 0. The number of methoxy groups -OCH3 is 1. The molecule has 0 amide bonds. The second-order valence-corrected chi connectivity index (χ2v) is 2.88. The van der Waals surface area contributed by atoms with Crippen molar-refractivity contribution in [2.75, 3.05) is 7.11 Å². The molecule has 1 rings (SSSR count). The molecule has 0 aromatic carbocycles. The molecule has 0 heterocycles. The van der Waals surface area contributed by atoms with Crippen molar-refractivity contribution >= 4 is 5.97 Å². The minimum Gasteiger partial charge on any atom is -0.469 e. The molecule has 2 nitrogen and oxygen atoms in total. The predicted octanol–water partition coefficient (Wildman–Crippen LogP) is 1.21. The van der Waals surface area contributed by atoms with E-state index in [0.717, 1.165) is 12.8 Å². The van der Waals surface area contributed by atoms with Gasteiger partial charge < -0.3 is 4.74 Å². The van der Waals surface area contributed by atoms with E-state index in [9.17, 15) is 4.79 Å². The van der Waals surface area contributed by atoms with Crippen LogP contribution in [-0.2, 0) is 9.53 Å². The Morgan fingerprint density at radius 1 is 1.82 bits per heavy atom. The van der Waals surface area contributed by atoms with Crippen LogP contribution >= 0.6 is 0 Å². The number of terminal acetylenes is 1. The van der Waals surface area contributed by atoms with Crippen molar-refractivity contribution in [3.63, 3.8) is 0 Å². The maximum Gasteiger partial charge on any atom is 0.309 e. The normalized spacial score (nSPS) is 18.5. The van der Waals surface area contributed by atoms with Gasteiger partial charge in [-0.25, -0.2) is 0 Å². The molecular weight excluding hydrogens is 140 g/mol. The summed E-state index contributed by atoms with van der Waals surface area (Å²) in [5, 5.41) is 0. The van der Waals surface area contributed by atoms with E-state index in [1.807, 2.05) is 0 Å². The number of carbonyl (C=O) groups excluding carboxylic acids is 1. The van der Waals surface area contributed by atoms with Crippen LogP contribution in [0.2, 0.25) is 0 Å². The summed E-state index contributed by atoms with van der Waals surface area (Å²) in [6.07, 6.45) is 7.91. The molecule has 0 aromatic heterocycles. The van der Waals surface area contributed by atoms with E-state index in [1.54, 1.807) is 0 Å². The van der Waals surface area contributed by atoms with Gasteiger partial charge in [-0.2, -0.15) is 0 Å². The van der Waals surface area contributed by atoms with E-state index in [0.29, 0.717) is 12.3 Å². The summed E-state index contributed by atoms with van der Waals surface area (Å²) >= 11 is 0. The molecule has 1 unspecified atom stereocenters. The van der Waals surface area contributed by atoms with E-state index in [2.05, 4.69) is 10.7 Å². The van der Waals surface area contributed by atoms with Gasteiger partial charge in [-0.3, -0.25) is 4.79 Å². The molecular formula is C9H12O2. The van der Waals surface area contributed by atoms with E-state index in [-0.39, 0.29) is 11.9 Å². The third kappa shape index (κ3) is 1.98. The summed E-state index contributed by atoms with van der Waals surface area (Å²) in [7, 11) is 1.41. The Bertz CT molecular complexity index is 186. The van der Waals surface area contributed by atoms with Gasteiger partial charge in [0, 0.05) is 6.42 Å². The summed E-state index contributed by atoms with van der Waals surface area (Å²) < 4.78 is 4.63. The maximum absolute atomic E-state index is 11.1. The first-order chi connectivity index (χ1) is 5.29. The second kappa shape index (κ2) is 3.43. The standard InChI is InChI=1S/C9H12O2/c1-3-4-8(7-5-6-7)9(10)11-2/h1,7-8H,4-6H2,2H3. The zero-order valence-electron chi connectivity index (χ0n) is 6.67. The number of esters is 1. The molecule has 0 aromatic rings. The van der Waals surface area contributed by atoms with Crippen LogP contribution in [0.3, 0.4) is 0 Å². The van der Waals surface area contributed by atoms with Gasteiger partial charge in [0.25, 0.3) is 0 Å². The van der Waals surface area contributed by atoms with Crippen molar-refractivity contribution in [3.05, 3.63) is 0 Å². The van der Waals surface area contributed by atoms with Crippen LogP contribution in [0.4, 0.5) is 0 Å². The zero-order chi connectivity index (χ0) is 8.27. The third-order valence-electron chi connectivity index (χ3n) is 2.03. The number of ether oxygens (including phenoxy) is 1. The van der Waals surface area contributed by atoms with Crippen molar-refractivity contribution in [2.45, 2.75) is 19.3 Å². The average molecular weight is 152 g/mol. The molecule has 0 spiro atoms. The minimum atomic E-state index is -0.148. The van der Waals surface area contributed by atoms with Gasteiger partial charge in [-0.15, -0.1) is 12.3 Å². The number of hydrogen-bond acceptors (Lipinski definition) is 2. The van der Waals surface area contributed by atoms with Gasteiger partial charge in [0.2, 0.25) is 0 Å². The van der Waals surface area contributed by atoms with E-state index in [1.165, 1.54) is 7.11 Å². The van der Waals surface area contributed by atoms with E-state index in [4.69, 9.17) is 6.42 Å². The molecule has 0 bridgehead atoms. The number of carbonyl (C=O) groups is 1. The maximum atomic E-state index is 11.1. The lowest BCUT2D eigenvalue weighted by Crippen LogP contribution is -2.17. The highest BCUT2D eigenvalue weighted by molar-refractivity contribution is 5.73. The quantitative estimate of drug-likeness (QED) is 0.449. The Labute approximate surface area is 66.9 Å². The lowest BCUT2D eigenvalue weighted by atomic mass is 10.0. The average Bonchev–Trinajstić information content (AvgIpc) is 2.81. The Balaban J connectivity index is 2.45. The molecule has 0 aliphatic heterocycles. The fourth-order valence-electron chi connectivity index (χ4n) is 1.22. The van der Waals surface area contributed by atoms with Crippen LogP contribution in [0, 0.1) is 24.2 Å². The lowest BCUT2D eigenvalue weighted by molar-refractivity contribution is -0.146. The largest absolute Gasteiger partial charge is 0.469 e. The van der Waals surface area contributed by atoms with Crippen LogP contribution in [0.1, 0.15) is 19.3 Å². The van der Waals surface area contributed by atoms with Crippen LogP contribution in [-0.4, -0.2) is 13.1 Å². The third-order valence-corrected chi connectivity index (χ3v) is 2.03. The number of hydrogen-bond donors (Lipinski definition) is 0. The Morgan fingerprint density at radius 2 is 2.45 bits per heavy atom. The topological polar surface area (TPSA) is 26.3 Å². The van der Waals surface area contributed by atoms with Crippen LogP contribution in [0.25, 0.3) is 0 Å². The smallest absolute Gasteiger partial charge is 0.309 e. The molecule has 1 atom stereocenters. The lowest BCUT2D eigenvalue weighted by Gasteiger charge is -2.08. The van der Waals surface area contributed by atoms with Gasteiger partial charge in [0.1, 0.15) is 0 Å². The molecule has 1 aliphatic carbocycles. The Hall–Kier alpha value is -0.970. The van der Waals surface area contributed by atoms with Crippen LogP contribution in [0.5, 0.6) is 0 Å². The fourth-order valence-corrected chi connectivity index (χ4v) is 1.22. The molecule has 0 N–H and O–H groups in total. The summed E-state index contributed by atoms with van der Waals surface area (Å²) in [4.78, 5) is 11.1. The van der Waals surface area contributed by atoms with Gasteiger partial charge >= 0.3 is 5.97 Å². The second-order valence-electron chi connectivity index (χ2n) is 2.88. The predicted molar refractivity (Wildman–Crippen MR) is 41.7 cm³/mol. The highest BCUT2D eigenvalue weighted by Gasteiger charge is 2.36. The molecule has 1 saturated carbocycles. The van der Waals surface area contributed by atoms with Gasteiger partial charge in [-0.1, -0.05) is 0 Å². The highest BCUT2D eigenvalue weighted by atomic mass is 16.5. The Kier molecular flexibility index (Phi) is 2.53. The van der Waals surface area contributed by atoms with Crippen molar-refractivity contribution in [1.82, 2.24) is 0 Å². The molecule has 0 radical (unpaired) electrons. The first-order valence-corrected chi connectivity index (χ1v) is 3.81. The molecule has 1 aliphatic rings. The van der Waals surface area contributed by atoms with Gasteiger partial charge in [0.15, 0.2) is 0 Å². The number of rotatable bonds is 3. The van der Waals surface area contributed by atoms with Crippen molar-refractivity contribution in [3.8, 4) is 12.3 Å². The first-order valence-electron chi connectivity index (χ1n) is 3.81. The highest BCUT2D eigenvalue weighted by Crippen LogP contribution is 2.38.